The fourth-order valence-corrected chi connectivity index (χ4v) is 4.79. The third-order valence-electron chi connectivity index (χ3n) is 7.03. The number of amides is 2. The van der Waals surface area contributed by atoms with E-state index in [1.165, 1.54) is 25.3 Å². The fraction of sp³-hybridized carbons (Fsp3) is 0.194. The van der Waals surface area contributed by atoms with Gasteiger partial charge in [0.2, 0.25) is 0 Å². The summed E-state index contributed by atoms with van der Waals surface area (Å²) in [7, 11) is 1.38. The van der Waals surface area contributed by atoms with Gasteiger partial charge in [-0.2, -0.15) is 5.26 Å². The summed E-state index contributed by atoms with van der Waals surface area (Å²) in [5, 5.41) is 21.4. The lowest BCUT2D eigenvalue weighted by atomic mass is 9.96. The Morgan fingerprint density at radius 3 is 2.59 bits per heavy atom. The smallest absolute Gasteiger partial charge is 0.326 e. The average molecular weight is 550 g/mol. The van der Waals surface area contributed by atoms with Crippen LogP contribution in [-0.2, 0) is 11.2 Å². The van der Waals surface area contributed by atoms with Crippen LogP contribution < -0.4 is 10.1 Å². The molecule has 0 unspecified atom stereocenters. The number of rotatable bonds is 8. The van der Waals surface area contributed by atoms with Gasteiger partial charge in [-0.05, 0) is 53.5 Å². The Balaban J connectivity index is 1.22. The molecule has 1 atom stereocenters. The summed E-state index contributed by atoms with van der Waals surface area (Å²) in [4.78, 5) is 47.0. The number of para-hydroxylation sites is 2. The van der Waals surface area contributed by atoms with E-state index in [0.717, 1.165) is 27.7 Å². The van der Waals surface area contributed by atoms with Gasteiger partial charge < -0.3 is 25.0 Å². The maximum atomic E-state index is 13.0. The van der Waals surface area contributed by atoms with Crippen molar-refractivity contribution in [2.24, 2.45) is 0 Å². The van der Waals surface area contributed by atoms with Crippen molar-refractivity contribution < 1.29 is 24.2 Å². The number of benzene rings is 3. The van der Waals surface area contributed by atoms with Crippen LogP contribution in [0.3, 0.4) is 0 Å². The molecule has 1 aromatic heterocycles. The minimum atomic E-state index is -1.17. The molecule has 4 aromatic rings. The van der Waals surface area contributed by atoms with Gasteiger partial charge in [-0.3, -0.25) is 9.59 Å². The molecule has 10 nitrogen and oxygen atoms in total. The van der Waals surface area contributed by atoms with Gasteiger partial charge >= 0.3 is 5.97 Å². The average Bonchev–Trinajstić information content (AvgIpc) is 3.45. The molecule has 3 N–H and O–H groups in total. The third kappa shape index (κ3) is 5.94. The van der Waals surface area contributed by atoms with Crippen molar-refractivity contribution in [3.05, 3.63) is 101 Å². The van der Waals surface area contributed by atoms with Gasteiger partial charge in [0.05, 0.1) is 35.3 Å². The molecule has 3 aromatic carbocycles. The molecular formula is C31H27N5O5. The second-order valence-corrected chi connectivity index (χ2v) is 9.63. The van der Waals surface area contributed by atoms with Crippen LogP contribution >= 0.6 is 0 Å². The molecule has 1 aliphatic heterocycles. The molecule has 0 radical (unpaired) electrons. The second kappa shape index (κ2) is 11.8. The largest absolute Gasteiger partial charge is 0.496 e. The molecule has 5 rings (SSSR count). The van der Waals surface area contributed by atoms with E-state index >= 15 is 0 Å². The summed E-state index contributed by atoms with van der Waals surface area (Å²) < 4.78 is 5.20. The van der Waals surface area contributed by atoms with E-state index in [2.05, 4.69) is 15.3 Å². The number of imidazole rings is 1. The normalized spacial score (nSPS) is 13.7. The van der Waals surface area contributed by atoms with Crippen LogP contribution in [0.5, 0.6) is 5.75 Å². The predicted molar refractivity (Wildman–Crippen MR) is 151 cm³/mol. The van der Waals surface area contributed by atoms with E-state index in [0.29, 0.717) is 30.9 Å². The highest BCUT2D eigenvalue weighted by Gasteiger charge is 2.24. The van der Waals surface area contributed by atoms with Crippen LogP contribution in [0.25, 0.3) is 16.6 Å². The van der Waals surface area contributed by atoms with Crippen LogP contribution in [0.15, 0.2) is 72.8 Å². The topological polar surface area (TPSA) is 148 Å². The maximum Gasteiger partial charge on any atom is 0.326 e. The van der Waals surface area contributed by atoms with E-state index in [9.17, 15) is 19.5 Å². The first-order valence-corrected chi connectivity index (χ1v) is 13.0. The lowest BCUT2D eigenvalue weighted by molar-refractivity contribution is -0.139. The van der Waals surface area contributed by atoms with Gasteiger partial charge in [0.25, 0.3) is 11.8 Å². The van der Waals surface area contributed by atoms with E-state index in [-0.39, 0.29) is 23.6 Å². The van der Waals surface area contributed by atoms with Gasteiger partial charge in [0.1, 0.15) is 11.8 Å². The Kier molecular flexibility index (Phi) is 7.78. The number of carbonyl (C=O) groups excluding carboxylic acids is 2. The zero-order valence-electron chi connectivity index (χ0n) is 22.3. The number of aliphatic carboxylic acids is 1. The molecule has 1 aliphatic rings. The van der Waals surface area contributed by atoms with E-state index < -0.39 is 17.9 Å². The lowest BCUT2D eigenvalue weighted by Gasteiger charge is -2.26. The monoisotopic (exact) mass is 549 g/mol. The Bertz CT molecular complexity index is 1670. The Hall–Kier alpha value is -5.43. The number of carboxylic acids is 1. The summed E-state index contributed by atoms with van der Waals surface area (Å²) in [5.74, 6) is -1.41. The van der Waals surface area contributed by atoms with Gasteiger partial charge in [0.15, 0.2) is 5.82 Å². The van der Waals surface area contributed by atoms with Crippen LogP contribution in [0.2, 0.25) is 0 Å². The van der Waals surface area contributed by atoms with Gasteiger partial charge in [-0.15, -0.1) is 0 Å². The number of hydrogen-bond acceptors (Lipinski definition) is 6. The zero-order chi connectivity index (χ0) is 28.9. The summed E-state index contributed by atoms with van der Waals surface area (Å²) in [6, 6.07) is 20.2. The van der Waals surface area contributed by atoms with Crippen molar-refractivity contribution in [3.63, 3.8) is 0 Å². The number of methoxy groups -OCH3 is 1. The minimum Gasteiger partial charge on any atom is -0.496 e. The van der Waals surface area contributed by atoms with Crippen molar-refractivity contribution >= 4 is 34.4 Å². The highest BCUT2D eigenvalue weighted by Crippen LogP contribution is 2.25. The summed E-state index contributed by atoms with van der Waals surface area (Å²) >= 11 is 0. The fourth-order valence-electron chi connectivity index (χ4n) is 4.79. The number of ether oxygens (including phenoxy) is 1. The highest BCUT2D eigenvalue weighted by atomic mass is 16.5. The molecule has 2 amide bonds. The number of hydrogen-bond donors (Lipinski definition) is 3. The molecule has 0 fully saturated rings. The van der Waals surface area contributed by atoms with Crippen LogP contribution in [0.4, 0.5) is 0 Å². The number of H-pyrrole nitrogens is 1. The van der Waals surface area contributed by atoms with Crippen molar-refractivity contribution in [1.82, 2.24) is 20.2 Å². The van der Waals surface area contributed by atoms with E-state index in [1.54, 1.807) is 4.90 Å². The molecule has 0 spiro atoms. The first-order valence-electron chi connectivity index (χ1n) is 13.0. The van der Waals surface area contributed by atoms with Crippen LogP contribution in [-0.4, -0.2) is 64.0 Å². The number of carboxylic acid groups (broad SMARTS) is 1. The number of nitrogens with zero attached hydrogens (tertiary/aromatic N) is 3. The van der Waals surface area contributed by atoms with Gasteiger partial charge in [0, 0.05) is 19.5 Å². The van der Waals surface area contributed by atoms with Gasteiger partial charge in [-0.1, -0.05) is 42.5 Å². The highest BCUT2D eigenvalue weighted by molar-refractivity contribution is 5.99. The quantitative estimate of drug-likeness (QED) is 0.303. The first-order chi connectivity index (χ1) is 19.9. The number of nitriles is 1. The summed E-state index contributed by atoms with van der Waals surface area (Å²) in [5.41, 5.74) is 4.87. The van der Waals surface area contributed by atoms with Gasteiger partial charge in [-0.25, -0.2) is 9.78 Å². The number of fused-ring (bicyclic) bond motifs is 1. The molecular weight excluding hydrogens is 522 g/mol. The molecule has 0 bridgehead atoms. The molecule has 2 heterocycles. The lowest BCUT2D eigenvalue weighted by Crippen LogP contribution is -2.42. The molecule has 206 valence electrons. The van der Waals surface area contributed by atoms with Crippen LogP contribution in [0.1, 0.15) is 44.1 Å². The van der Waals surface area contributed by atoms with Crippen molar-refractivity contribution in [1.29, 1.82) is 5.26 Å². The second-order valence-electron chi connectivity index (χ2n) is 9.63. The first kappa shape index (κ1) is 27.1. The van der Waals surface area contributed by atoms with Crippen molar-refractivity contribution in [2.45, 2.75) is 18.9 Å². The maximum absolute atomic E-state index is 13.0. The van der Waals surface area contributed by atoms with Crippen molar-refractivity contribution in [2.75, 3.05) is 20.2 Å². The third-order valence-corrected chi connectivity index (χ3v) is 7.03. The number of aromatic amines is 1. The van der Waals surface area contributed by atoms with Crippen LogP contribution in [0, 0.1) is 11.3 Å². The summed E-state index contributed by atoms with van der Waals surface area (Å²) in [6.07, 6.45) is 2.77. The zero-order valence-corrected chi connectivity index (χ0v) is 22.3. The van der Waals surface area contributed by atoms with E-state index in [4.69, 9.17) is 10.00 Å². The van der Waals surface area contributed by atoms with E-state index in [1.807, 2.05) is 60.7 Å². The minimum absolute atomic E-state index is 0.0821. The molecule has 41 heavy (non-hydrogen) atoms. The number of aromatic nitrogens is 2. The summed E-state index contributed by atoms with van der Waals surface area (Å²) in [6.45, 7) is 1.01. The number of nitrogens with one attached hydrogen (secondary N) is 2. The Morgan fingerprint density at radius 1 is 1.15 bits per heavy atom. The predicted octanol–water partition coefficient (Wildman–Crippen LogP) is 3.80. The Labute approximate surface area is 235 Å². The standard InChI is InChI=1S/C31H27N5O5/c1-41-27-17-20(18-32)8-11-23(27)29(37)35-26(31(39)40)16-19-6-9-21(10-7-19)22-12-14-36(15-13-22)30(38)28-33-24-4-2-3-5-25(24)34-28/h2-12,17,26H,13-16H2,1H3,(H,33,34)(H,35,37)(H,39,40)/t26-/m0/s1. The molecule has 10 heteroatoms. The van der Waals surface area contributed by atoms with Crippen molar-refractivity contribution in [3.8, 4) is 11.8 Å². The molecule has 0 saturated heterocycles. The SMILES string of the molecule is COc1cc(C#N)ccc1C(=O)N[C@@H](Cc1ccc(C2=CCN(C(=O)c3nc4ccccc4[nH]3)CC2)cc1)C(=O)O. The number of carbonyl (C=O) groups is 3. The Morgan fingerprint density at radius 2 is 1.93 bits per heavy atom. The molecule has 0 saturated carbocycles. The molecule has 0 aliphatic carbocycles.